The SMILES string of the molecule is COc1ccc(C2CN(C(C)=O)CC2C(=O)NCC(C)C)c(OC)c1. The summed E-state index contributed by atoms with van der Waals surface area (Å²) in [4.78, 5) is 26.3. The Morgan fingerprint density at radius 2 is 1.96 bits per heavy atom. The van der Waals surface area contributed by atoms with Gasteiger partial charge in [-0.15, -0.1) is 0 Å². The van der Waals surface area contributed by atoms with Crippen LogP contribution >= 0.6 is 0 Å². The zero-order valence-corrected chi connectivity index (χ0v) is 15.7. The third-order valence-electron chi connectivity index (χ3n) is 4.63. The van der Waals surface area contributed by atoms with Crippen LogP contribution in [0.25, 0.3) is 0 Å². The molecule has 0 spiro atoms. The van der Waals surface area contributed by atoms with E-state index in [4.69, 9.17) is 9.47 Å². The average molecular weight is 348 g/mol. The molecule has 1 fully saturated rings. The number of carbonyl (C=O) groups excluding carboxylic acids is 2. The van der Waals surface area contributed by atoms with E-state index in [1.807, 2.05) is 18.2 Å². The summed E-state index contributed by atoms with van der Waals surface area (Å²) in [7, 11) is 3.20. The zero-order valence-electron chi connectivity index (χ0n) is 15.7. The molecule has 1 aliphatic rings. The Morgan fingerprint density at radius 1 is 1.24 bits per heavy atom. The summed E-state index contributed by atoms with van der Waals surface area (Å²) < 4.78 is 10.8. The number of hydrogen-bond donors (Lipinski definition) is 1. The monoisotopic (exact) mass is 348 g/mol. The Balaban J connectivity index is 2.31. The Kier molecular flexibility index (Phi) is 6.28. The molecule has 0 aromatic heterocycles. The Bertz CT molecular complexity index is 630. The highest BCUT2D eigenvalue weighted by atomic mass is 16.5. The molecule has 1 heterocycles. The largest absolute Gasteiger partial charge is 0.497 e. The summed E-state index contributed by atoms with van der Waals surface area (Å²) in [5.74, 6) is 1.33. The molecular formula is C19H28N2O4. The highest BCUT2D eigenvalue weighted by Crippen LogP contribution is 2.39. The standard InChI is InChI=1S/C19H28N2O4/c1-12(2)9-20-19(23)17-11-21(13(3)22)10-16(17)15-7-6-14(24-4)8-18(15)25-5/h6-8,12,16-17H,9-11H2,1-5H3,(H,20,23). The van der Waals surface area contributed by atoms with E-state index in [-0.39, 0.29) is 23.7 Å². The normalized spacial score (nSPS) is 19.8. The second-order valence-electron chi connectivity index (χ2n) is 6.88. The maximum atomic E-state index is 12.7. The number of rotatable bonds is 6. The number of methoxy groups -OCH3 is 2. The van der Waals surface area contributed by atoms with Crippen LogP contribution < -0.4 is 14.8 Å². The van der Waals surface area contributed by atoms with Crippen LogP contribution in [0, 0.1) is 11.8 Å². The molecular weight excluding hydrogens is 320 g/mol. The first kappa shape index (κ1) is 19.1. The fourth-order valence-corrected chi connectivity index (χ4v) is 3.20. The molecule has 2 atom stereocenters. The second kappa shape index (κ2) is 8.23. The maximum absolute atomic E-state index is 12.7. The summed E-state index contributed by atoms with van der Waals surface area (Å²) in [5.41, 5.74) is 0.928. The lowest BCUT2D eigenvalue weighted by Gasteiger charge is -2.21. The molecule has 6 nitrogen and oxygen atoms in total. The third-order valence-corrected chi connectivity index (χ3v) is 4.63. The van der Waals surface area contributed by atoms with Gasteiger partial charge in [0.25, 0.3) is 0 Å². The number of ether oxygens (including phenoxy) is 2. The number of hydrogen-bond acceptors (Lipinski definition) is 4. The van der Waals surface area contributed by atoms with Crippen molar-refractivity contribution in [1.29, 1.82) is 0 Å². The van der Waals surface area contributed by atoms with Gasteiger partial charge in [0.05, 0.1) is 20.1 Å². The number of carbonyl (C=O) groups is 2. The van der Waals surface area contributed by atoms with Gasteiger partial charge in [0, 0.05) is 44.1 Å². The smallest absolute Gasteiger partial charge is 0.225 e. The van der Waals surface area contributed by atoms with Crippen molar-refractivity contribution in [2.24, 2.45) is 11.8 Å². The highest BCUT2D eigenvalue weighted by molar-refractivity contribution is 5.83. The van der Waals surface area contributed by atoms with Gasteiger partial charge in [-0.05, 0) is 12.0 Å². The lowest BCUT2D eigenvalue weighted by atomic mass is 9.87. The van der Waals surface area contributed by atoms with Crippen molar-refractivity contribution in [3.05, 3.63) is 23.8 Å². The second-order valence-corrected chi connectivity index (χ2v) is 6.88. The van der Waals surface area contributed by atoms with E-state index < -0.39 is 0 Å². The molecule has 0 aliphatic carbocycles. The van der Waals surface area contributed by atoms with Crippen LogP contribution in [0.1, 0.15) is 32.3 Å². The van der Waals surface area contributed by atoms with Gasteiger partial charge in [-0.1, -0.05) is 19.9 Å². The van der Waals surface area contributed by atoms with Crippen molar-refractivity contribution in [1.82, 2.24) is 10.2 Å². The van der Waals surface area contributed by atoms with Crippen molar-refractivity contribution in [2.75, 3.05) is 33.9 Å². The minimum Gasteiger partial charge on any atom is -0.497 e. The summed E-state index contributed by atoms with van der Waals surface area (Å²) in [6.07, 6.45) is 0. The van der Waals surface area contributed by atoms with E-state index in [2.05, 4.69) is 19.2 Å². The lowest BCUT2D eigenvalue weighted by molar-refractivity contribution is -0.128. The van der Waals surface area contributed by atoms with Crippen molar-refractivity contribution >= 4 is 11.8 Å². The van der Waals surface area contributed by atoms with E-state index in [0.717, 1.165) is 5.56 Å². The molecule has 0 bridgehead atoms. The van der Waals surface area contributed by atoms with Crippen LogP contribution in [0.3, 0.4) is 0 Å². The van der Waals surface area contributed by atoms with Crippen molar-refractivity contribution < 1.29 is 19.1 Å². The number of nitrogens with one attached hydrogen (secondary N) is 1. The minimum atomic E-state index is -0.287. The summed E-state index contributed by atoms with van der Waals surface area (Å²) >= 11 is 0. The van der Waals surface area contributed by atoms with Gasteiger partial charge in [-0.3, -0.25) is 9.59 Å². The molecule has 1 aliphatic heterocycles. The molecule has 1 aromatic carbocycles. The quantitative estimate of drug-likeness (QED) is 0.854. The Hall–Kier alpha value is -2.24. The molecule has 138 valence electrons. The van der Waals surface area contributed by atoms with E-state index in [1.165, 1.54) is 6.92 Å². The van der Waals surface area contributed by atoms with Crippen LogP contribution in [0.4, 0.5) is 0 Å². The highest BCUT2D eigenvalue weighted by Gasteiger charge is 2.40. The van der Waals surface area contributed by atoms with E-state index in [1.54, 1.807) is 19.1 Å². The minimum absolute atomic E-state index is 0.0136. The van der Waals surface area contributed by atoms with Crippen molar-refractivity contribution in [3.63, 3.8) is 0 Å². The first-order valence-electron chi connectivity index (χ1n) is 8.62. The Morgan fingerprint density at radius 3 is 2.52 bits per heavy atom. The van der Waals surface area contributed by atoms with Gasteiger partial charge >= 0.3 is 0 Å². The average Bonchev–Trinajstić information content (AvgIpc) is 3.04. The first-order chi connectivity index (χ1) is 11.9. The number of benzene rings is 1. The zero-order chi connectivity index (χ0) is 18.6. The fraction of sp³-hybridized carbons (Fsp3) is 0.579. The molecule has 1 saturated heterocycles. The van der Waals surface area contributed by atoms with Crippen molar-refractivity contribution in [2.45, 2.75) is 26.7 Å². The molecule has 2 amide bonds. The summed E-state index contributed by atoms with van der Waals surface area (Å²) in [6.45, 7) is 7.22. The Labute approximate surface area is 149 Å². The molecule has 6 heteroatoms. The van der Waals surface area contributed by atoms with E-state index >= 15 is 0 Å². The number of nitrogens with zero attached hydrogens (tertiary/aromatic N) is 1. The molecule has 1 N–H and O–H groups in total. The molecule has 2 rings (SSSR count). The maximum Gasteiger partial charge on any atom is 0.225 e. The summed E-state index contributed by atoms with van der Waals surface area (Å²) in [5, 5.41) is 3.00. The summed E-state index contributed by atoms with van der Waals surface area (Å²) in [6, 6.07) is 5.60. The molecule has 25 heavy (non-hydrogen) atoms. The van der Waals surface area contributed by atoms with Gasteiger partial charge in [-0.2, -0.15) is 0 Å². The van der Waals surface area contributed by atoms with E-state index in [0.29, 0.717) is 37.1 Å². The fourth-order valence-electron chi connectivity index (χ4n) is 3.20. The van der Waals surface area contributed by atoms with E-state index in [9.17, 15) is 9.59 Å². The van der Waals surface area contributed by atoms with Crippen LogP contribution in [-0.4, -0.2) is 50.6 Å². The predicted molar refractivity (Wildman–Crippen MR) is 95.9 cm³/mol. The topological polar surface area (TPSA) is 67.9 Å². The first-order valence-corrected chi connectivity index (χ1v) is 8.62. The van der Waals surface area contributed by atoms with Crippen LogP contribution in [0.2, 0.25) is 0 Å². The number of amides is 2. The molecule has 0 radical (unpaired) electrons. The van der Waals surface area contributed by atoms with Gasteiger partial charge in [0.1, 0.15) is 11.5 Å². The van der Waals surface area contributed by atoms with Crippen LogP contribution in [0.15, 0.2) is 18.2 Å². The molecule has 1 aromatic rings. The lowest BCUT2D eigenvalue weighted by Crippen LogP contribution is -2.37. The molecule has 2 unspecified atom stereocenters. The van der Waals surface area contributed by atoms with Crippen LogP contribution in [-0.2, 0) is 9.59 Å². The number of likely N-dealkylation sites (tertiary alicyclic amines) is 1. The predicted octanol–water partition coefficient (Wildman–Crippen LogP) is 2.04. The van der Waals surface area contributed by atoms with Gasteiger partial charge in [0.2, 0.25) is 11.8 Å². The van der Waals surface area contributed by atoms with Crippen molar-refractivity contribution in [3.8, 4) is 11.5 Å². The third kappa shape index (κ3) is 4.44. The van der Waals surface area contributed by atoms with Gasteiger partial charge in [0.15, 0.2) is 0 Å². The van der Waals surface area contributed by atoms with Gasteiger partial charge in [-0.25, -0.2) is 0 Å². The molecule has 0 saturated carbocycles. The van der Waals surface area contributed by atoms with Crippen LogP contribution in [0.5, 0.6) is 11.5 Å². The van der Waals surface area contributed by atoms with Gasteiger partial charge < -0.3 is 19.7 Å².